The molecule has 1 heterocycles. The maximum atomic E-state index is 5.88. The zero-order valence-corrected chi connectivity index (χ0v) is 13.8. The summed E-state index contributed by atoms with van der Waals surface area (Å²) in [5.41, 5.74) is 7.14. The Balaban J connectivity index is 0.00000289. The maximum absolute atomic E-state index is 5.88. The number of nitrogens with two attached hydrogens (primary N) is 1. The highest BCUT2D eigenvalue weighted by molar-refractivity contribution is 14.0. The van der Waals surface area contributed by atoms with Gasteiger partial charge >= 0.3 is 0 Å². The van der Waals surface area contributed by atoms with E-state index in [0.29, 0.717) is 5.96 Å². The van der Waals surface area contributed by atoms with Crippen LogP contribution in [0.1, 0.15) is 25.8 Å². The standard InChI is InChI=1S/C12H23N5.HI/c1-4-17(5-2)12(13)14-8-6-7-11-9-15-16(3)10-11;/h9-10H,4-8H2,1-3H3,(H2,13,14);1H. The molecule has 0 bridgehead atoms. The molecular weight excluding hydrogens is 341 g/mol. The number of aliphatic imine (C=N–C) groups is 1. The Labute approximate surface area is 126 Å². The van der Waals surface area contributed by atoms with Gasteiger partial charge < -0.3 is 10.6 Å². The number of aromatic nitrogens is 2. The predicted molar refractivity (Wildman–Crippen MR) is 86.4 cm³/mol. The fourth-order valence-corrected chi connectivity index (χ4v) is 1.73. The van der Waals surface area contributed by atoms with E-state index in [1.165, 1.54) is 5.56 Å². The van der Waals surface area contributed by atoms with Crippen molar-refractivity contribution in [2.24, 2.45) is 17.8 Å². The molecule has 0 spiro atoms. The van der Waals surface area contributed by atoms with Gasteiger partial charge in [-0.1, -0.05) is 0 Å². The number of hydrogen-bond acceptors (Lipinski definition) is 2. The van der Waals surface area contributed by atoms with E-state index in [2.05, 4.69) is 28.8 Å². The van der Waals surface area contributed by atoms with E-state index in [4.69, 9.17) is 5.73 Å². The van der Waals surface area contributed by atoms with Crippen molar-refractivity contribution in [1.82, 2.24) is 14.7 Å². The zero-order valence-electron chi connectivity index (χ0n) is 11.5. The van der Waals surface area contributed by atoms with E-state index in [9.17, 15) is 0 Å². The van der Waals surface area contributed by atoms with Crippen LogP contribution in [-0.4, -0.2) is 40.3 Å². The third kappa shape index (κ3) is 5.70. The first-order valence-corrected chi connectivity index (χ1v) is 6.19. The molecule has 18 heavy (non-hydrogen) atoms. The van der Waals surface area contributed by atoms with E-state index in [1.54, 1.807) is 0 Å². The summed E-state index contributed by atoms with van der Waals surface area (Å²) in [5, 5.41) is 4.13. The summed E-state index contributed by atoms with van der Waals surface area (Å²) >= 11 is 0. The molecule has 0 amide bonds. The topological polar surface area (TPSA) is 59.4 Å². The van der Waals surface area contributed by atoms with Crippen LogP contribution < -0.4 is 5.73 Å². The van der Waals surface area contributed by atoms with Gasteiger partial charge in [-0.15, -0.1) is 24.0 Å². The molecule has 1 aromatic heterocycles. The second kappa shape index (κ2) is 9.18. The molecule has 0 aliphatic rings. The SMILES string of the molecule is CCN(CC)C(N)=NCCCc1cnn(C)c1.I. The molecule has 0 fully saturated rings. The van der Waals surface area contributed by atoms with Crippen molar-refractivity contribution in [3.8, 4) is 0 Å². The number of guanidine groups is 1. The molecule has 0 aliphatic heterocycles. The molecule has 0 aromatic carbocycles. The summed E-state index contributed by atoms with van der Waals surface area (Å²) in [6, 6.07) is 0. The van der Waals surface area contributed by atoms with Gasteiger partial charge in [0.1, 0.15) is 0 Å². The van der Waals surface area contributed by atoms with Crippen molar-refractivity contribution in [2.45, 2.75) is 26.7 Å². The lowest BCUT2D eigenvalue weighted by Gasteiger charge is -2.19. The fraction of sp³-hybridized carbons (Fsp3) is 0.667. The Kier molecular flexibility index (Phi) is 8.78. The van der Waals surface area contributed by atoms with Crippen molar-refractivity contribution >= 4 is 29.9 Å². The minimum Gasteiger partial charge on any atom is -0.370 e. The molecule has 6 heteroatoms. The van der Waals surface area contributed by atoms with Gasteiger partial charge in [-0.3, -0.25) is 9.67 Å². The number of aryl methyl sites for hydroxylation is 2. The second-order valence-electron chi connectivity index (χ2n) is 4.04. The number of nitrogens with zero attached hydrogens (tertiary/aromatic N) is 4. The second-order valence-corrected chi connectivity index (χ2v) is 4.04. The number of halogens is 1. The van der Waals surface area contributed by atoms with Crippen molar-refractivity contribution in [2.75, 3.05) is 19.6 Å². The molecule has 104 valence electrons. The van der Waals surface area contributed by atoms with Gasteiger partial charge in [-0.25, -0.2) is 0 Å². The molecule has 2 N–H and O–H groups in total. The summed E-state index contributed by atoms with van der Waals surface area (Å²) in [4.78, 5) is 6.44. The van der Waals surface area contributed by atoms with Crippen LogP contribution in [-0.2, 0) is 13.5 Å². The van der Waals surface area contributed by atoms with Crippen LogP contribution in [0.4, 0.5) is 0 Å². The Morgan fingerprint density at radius 2 is 2.11 bits per heavy atom. The highest BCUT2D eigenvalue weighted by atomic mass is 127. The van der Waals surface area contributed by atoms with Crippen LogP contribution >= 0.6 is 24.0 Å². The normalized spacial score (nSPS) is 11.2. The molecule has 0 saturated heterocycles. The fourth-order valence-electron chi connectivity index (χ4n) is 1.73. The third-order valence-corrected chi connectivity index (χ3v) is 2.74. The van der Waals surface area contributed by atoms with E-state index < -0.39 is 0 Å². The largest absolute Gasteiger partial charge is 0.370 e. The van der Waals surface area contributed by atoms with Crippen LogP contribution in [0.2, 0.25) is 0 Å². The molecule has 1 aromatic rings. The first kappa shape index (κ1) is 17.2. The Morgan fingerprint density at radius 3 is 2.61 bits per heavy atom. The van der Waals surface area contributed by atoms with Gasteiger partial charge in [-0.2, -0.15) is 5.10 Å². The molecule has 0 radical (unpaired) electrons. The van der Waals surface area contributed by atoms with Crippen LogP contribution in [0.25, 0.3) is 0 Å². The minimum absolute atomic E-state index is 0. The van der Waals surface area contributed by atoms with Crippen LogP contribution in [0.5, 0.6) is 0 Å². The Hall–Kier alpha value is -0.790. The number of hydrogen-bond donors (Lipinski definition) is 1. The van der Waals surface area contributed by atoms with Gasteiger partial charge in [0.15, 0.2) is 5.96 Å². The molecule has 0 unspecified atom stereocenters. The lowest BCUT2D eigenvalue weighted by atomic mass is 10.2. The zero-order chi connectivity index (χ0) is 12.7. The van der Waals surface area contributed by atoms with Crippen molar-refractivity contribution < 1.29 is 0 Å². The molecular formula is C12H24IN5. The Bertz CT molecular complexity index is 357. The van der Waals surface area contributed by atoms with E-state index in [1.807, 2.05) is 24.1 Å². The molecule has 1 rings (SSSR count). The summed E-state index contributed by atoms with van der Waals surface area (Å²) in [5.74, 6) is 0.654. The van der Waals surface area contributed by atoms with Gasteiger partial charge in [0.2, 0.25) is 0 Å². The third-order valence-electron chi connectivity index (χ3n) is 2.74. The predicted octanol–water partition coefficient (Wildman–Crippen LogP) is 1.63. The number of rotatable bonds is 6. The first-order valence-electron chi connectivity index (χ1n) is 6.19. The average molecular weight is 365 g/mol. The van der Waals surface area contributed by atoms with Gasteiger partial charge in [0.25, 0.3) is 0 Å². The molecule has 5 nitrogen and oxygen atoms in total. The van der Waals surface area contributed by atoms with Crippen molar-refractivity contribution in [1.29, 1.82) is 0 Å². The lowest BCUT2D eigenvalue weighted by molar-refractivity contribution is 0.458. The van der Waals surface area contributed by atoms with Gasteiger partial charge in [0, 0.05) is 32.9 Å². The molecule has 0 atom stereocenters. The van der Waals surface area contributed by atoms with Crippen molar-refractivity contribution in [3.05, 3.63) is 18.0 Å². The highest BCUT2D eigenvalue weighted by Gasteiger charge is 2.01. The smallest absolute Gasteiger partial charge is 0.191 e. The highest BCUT2D eigenvalue weighted by Crippen LogP contribution is 2.01. The summed E-state index contributed by atoms with van der Waals surface area (Å²) in [6.45, 7) is 6.77. The maximum Gasteiger partial charge on any atom is 0.191 e. The molecule has 0 saturated carbocycles. The van der Waals surface area contributed by atoms with E-state index >= 15 is 0 Å². The van der Waals surface area contributed by atoms with Crippen molar-refractivity contribution in [3.63, 3.8) is 0 Å². The minimum atomic E-state index is 0. The summed E-state index contributed by atoms with van der Waals surface area (Å²) in [7, 11) is 1.93. The van der Waals surface area contributed by atoms with E-state index in [0.717, 1.165) is 32.5 Å². The monoisotopic (exact) mass is 365 g/mol. The average Bonchev–Trinajstić information content (AvgIpc) is 2.72. The van der Waals surface area contributed by atoms with Crippen LogP contribution in [0, 0.1) is 0 Å². The Morgan fingerprint density at radius 1 is 1.44 bits per heavy atom. The van der Waals surface area contributed by atoms with Gasteiger partial charge in [-0.05, 0) is 32.3 Å². The van der Waals surface area contributed by atoms with E-state index in [-0.39, 0.29) is 24.0 Å². The molecule has 0 aliphatic carbocycles. The summed E-state index contributed by atoms with van der Waals surface area (Å²) < 4.78 is 1.82. The summed E-state index contributed by atoms with van der Waals surface area (Å²) in [6.07, 6.45) is 5.95. The van der Waals surface area contributed by atoms with Gasteiger partial charge in [0.05, 0.1) is 6.20 Å². The first-order chi connectivity index (χ1) is 8.17. The quantitative estimate of drug-likeness (QED) is 0.361. The van der Waals surface area contributed by atoms with Crippen LogP contribution in [0.15, 0.2) is 17.4 Å². The lowest BCUT2D eigenvalue weighted by Crippen LogP contribution is -2.37. The van der Waals surface area contributed by atoms with Crippen LogP contribution in [0.3, 0.4) is 0 Å².